The molecule has 0 unspecified atom stereocenters. The zero-order chi connectivity index (χ0) is 18.3. The quantitative estimate of drug-likeness (QED) is 0.408. The van der Waals surface area contributed by atoms with Crippen LogP contribution in [0.5, 0.6) is 0 Å². The predicted molar refractivity (Wildman–Crippen MR) is 106 cm³/mol. The van der Waals surface area contributed by atoms with Crippen LogP contribution in [0.1, 0.15) is 11.1 Å². The average Bonchev–Trinajstić information content (AvgIpc) is 2.89. The van der Waals surface area contributed by atoms with E-state index in [0.717, 1.165) is 32.9 Å². The Morgan fingerprint density at radius 1 is 0.923 bits per heavy atom. The number of aromatic nitrogens is 2. The lowest BCUT2D eigenvalue weighted by Gasteiger charge is -2.04. The van der Waals surface area contributed by atoms with Gasteiger partial charge in [-0.1, -0.05) is 42.5 Å². The molecule has 0 amide bonds. The lowest BCUT2D eigenvalue weighted by atomic mass is 10.00. The number of imidazole rings is 1. The molecule has 0 fully saturated rings. The summed E-state index contributed by atoms with van der Waals surface area (Å²) in [5.74, 6) is 0. The van der Waals surface area contributed by atoms with E-state index in [1.807, 2.05) is 60.7 Å². The Labute approximate surface area is 150 Å². The molecule has 4 nitrogen and oxygen atoms in total. The molecule has 0 aliphatic heterocycles. The van der Waals surface area contributed by atoms with Gasteiger partial charge in [-0.25, -0.2) is 4.79 Å². The van der Waals surface area contributed by atoms with Crippen molar-refractivity contribution in [2.75, 3.05) is 0 Å². The molecular weight excluding hydrogens is 322 g/mol. The highest BCUT2D eigenvalue weighted by atomic mass is 16.1. The van der Waals surface area contributed by atoms with Gasteiger partial charge < -0.3 is 0 Å². The third-order valence-electron chi connectivity index (χ3n) is 4.79. The monoisotopic (exact) mass is 339 g/mol. The molecule has 4 heteroatoms. The summed E-state index contributed by atoms with van der Waals surface area (Å²) in [5.41, 5.74) is 4.03. The van der Waals surface area contributed by atoms with Gasteiger partial charge in [0.1, 0.15) is 0 Å². The van der Waals surface area contributed by atoms with Crippen LogP contribution in [-0.4, -0.2) is 9.13 Å². The van der Waals surface area contributed by atoms with Gasteiger partial charge >= 0.3 is 5.69 Å². The molecule has 4 rings (SSSR count). The summed E-state index contributed by atoms with van der Waals surface area (Å²) in [4.78, 5) is 12.1. The van der Waals surface area contributed by atoms with Crippen LogP contribution in [0.2, 0.25) is 0 Å². The number of allylic oxidation sites excluding steroid dienone is 1. The van der Waals surface area contributed by atoms with Crippen LogP contribution in [0.4, 0.5) is 0 Å². The third-order valence-corrected chi connectivity index (χ3v) is 4.79. The second-order valence-electron chi connectivity index (χ2n) is 6.38. The van der Waals surface area contributed by atoms with E-state index in [1.54, 1.807) is 23.2 Å². The fraction of sp³-hybridized carbons (Fsp3) is 0.0909. The molecule has 0 aliphatic carbocycles. The smallest absolute Gasteiger partial charge is 0.295 e. The van der Waals surface area contributed by atoms with E-state index < -0.39 is 0 Å². The molecule has 0 saturated carbocycles. The Morgan fingerprint density at radius 3 is 2.42 bits per heavy atom. The maximum Gasteiger partial charge on any atom is 0.328 e. The van der Waals surface area contributed by atoms with Gasteiger partial charge in [0.05, 0.1) is 22.7 Å². The van der Waals surface area contributed by atoms with Crippen molar-refractivity contribution in [2.24, 2.45) is 14.1 Å². The highest BCUT2D eigenvalue weighted by Gasteiger charge is 2.08. The van der Waals surface area contributed by atoms with Crippen molar-refractivity contribution in [3.05, 3.63) is 82.3 Å². The molecule has 126 valence electrons. The van der Waals surface area contributed by atoms with Crippen molar-refractivity contribution in [2.45, 2.75) is 0 Å². The van der Waals surface area contributed by atoms with E-state index in [9.17, 15) is 10.1 Å². The minimum Gasteiger partial charge on any atom is -0.295 e. The van der Waals surface area contributed by atoms with E-state index in [1.165, 1.54) is 0 Å². The summed E-state index contributed by atoms with van der Waals surface area (Å²) in [5, 5.41) is 11.9. The van der Waals surface area contributed by atoms with Crippen LogP contribution >= 0.6 is 0 Å². The Balaban J connectivity index is 1.84. The van der Waals surface area contributed by atoms with Gasteiger partial charge in [0.2, 0.25) is 0 Å². The van der Waals surface area contributed by atoms with Crippen molar-refractivity contribution in [3.63, 3.8) is 0 Å². The van der Waals surface area contributed by atoms with Crippen molar-refractivity contribution in [1.82, 2.24) is 9.13 Å². The number of nitriles is 1. The summed E-state index contributed by atoms with van der Waals surface area (Å²) in [6.07, 6.45) is 1.86. The number of nitrogens with zero attached hydrogens (tertiary/aromatic N) is 3. The molecule has 0 spiro atoms. The Bertz CT molecular complexity index is 1280. The van der Waals surface area contributed by atoms with Crippen LogP contribution in [0, 0.1) is 11.3 Å². The molecule has 0 saturated heterocycles. The lowest BCUT2D eigenvalue weighted by molar-refractivity contribution is 0.795. The topological polar surface area (TPSA) is 50.7 Å². The van der Waals surface area contributed by atoms with E-state index >= 15 is 0 Å². The van der Waals surface area contributed by atoms with E-state index in [4.69, 9.17) is 0 Å². The van der Waals surface area contributed by atoms with Gasteiger partial charge in [0, 0.05) is 14.1 Å². The van der Waals surface area contributed by atoms with Crippen LogP contribution in [0.15, 0.2) is 65.5 Å². The highest BCUT2D eigenvalue weighted by molar-refractivity contribution is 5.95. The van der Waals surface area contributed by atoms with Crippen LogP contribution < -0.4 is 5.69 Å². The Morgan fingerprint density at radius 2 is 1.65 bits per heavy atom. The van der Waals surface area contributed by atoms with Crippen LogP contribution in [0.3, 0.4) is 0 Å². The Hall–Kier alpha value is -3.58. The van der Waals surface area contributed by atoms with Gasteiger partial charge in [-0.2, -0.15) is 5.26 Å². The summed E-state index contributed by atoms with van der Waals surface area (Å²) < 4.78 is 3.24. The molecule has 1 heterocycles. The van der Waals surface area contributed by atoms with Crippen molar-refractivity contribution in [1.29, 1.82) is 5.26 Å². The minimum atomic E-state index is -0.0591. The number of rotatable bonds is 2. The largest absolute Gasteiger partial charge is 0.328 e. The molecule has 0 N–H and O–H groups in total. The molecule has 3 aromatic carbocycles. The average molecular weight is 339 g/mol. The fourth-order valence-corrected chi connectivity index (χ4v) is 3.32. The van der Waals surface area contributed by atoms with Gasteiger partial charge in [-0.3, -0.25) is 9.13 Å². The van der Waals surface area contributed by atoms with E-state index in [-0.39, 0.29) is 5.69 Å². The van der Waals surface area contributed by atoms with Crippen molar-refractivity contribution < 1.29 is 0 Å². The van der Waals surface area contributed by atoms with Gasteiger partial charge in [-0.05, 0) is 46.2 Å². The molecule has 26 heavy (non-hydrogen) atoms. The summed E-state index contributed by atoms with van der Waals surface area (Å²) in [7, 11) is 3.52. The first-order valence-electron chi connectivity index (χ1n) is 8.35. The summed E-state index contributed by atoms with van der Waals surface area (Å²) in [6, 6.07) is 22.2. The van der Waals surface area contributed by atoms with Crippen LogP contribution in [-0.2, 0) is 14.1 Å². The van der Waals surface area contributed by atoms with Crippen molar-refractivity contribution >= 4 is 33.5 Å². The number of fused-ring (bicyclic) bond motifs is 2. The van der Waals surface area contributed by atoms with Crippen molar-refractivity contribution in [3.8, 4) is 6.07 Å². The molecule has 0 atom stereocenters. The first-order chi connectivity index (χ1) is 12.6. The van der Waals surface area contributed by atoms with E-state index in [0.29, 0.717) is 5.57 Å². The molecule has 0 aliphatic rings. The summed E-state index contributed by atoms with van der Waals surface area (Å²) in [6.45, 7) is 0. The lowest BCUT2D eigenvalue weighted by Crippen LogP contribution is -2.19. The molecule has 0 radical (unpaired) electrons. The molecule has 4 aromatic rings. The normalized spacial score (nSPS) is 11.8. The SMILES string of the molecule is Cn1c(=O)n(C)c2cc(/C=C(/C#N)c3ccc4ccccc4c3)ccc21. The highest BCUT2D eigenvalue weighted by Crippen LogP contribution is 2.24. The number of hydrogen-bond acceptors (Lipinski definition) is 2. The molecule has 1 aromatic heterocycles. The second-order valence-corrected chi connectivity index (χ2v) is 6.38. The third kappa shape index (κ3) is 2.51. The predicted octanol–water partition coefficient (Wildman–Crippen LogP) is 4.09. The van der Waals surface area contributed by atoms with E-state index in [2.05, 4.69) is 12.1 Å². The van der Waals surface area contributed by atoms with Crippen LogP contribution in [0.25, 0.3) is 33.5 Å². The minimum absolute atomic E-state index is 0.0591. The number of benzene rings is 3. The zero-order valence-corrected chi connectivity index (χ0v) is 14.6. The number of hydrogen-bond donors (Lipinski definition) is 0. The first-order valence-corrected chi connectivity index (χ1v) is 8.35. The van der Waals surface area contributed by atoms with Gasteiger partial charge in [0.25, 0.3) is 0 Å². The second kappa shape index (κ2) is 6.05. The maximum absolute atomic E-state index is 12.1. The first kappa shape index (κ1) is 15.9. The summed E-state index contributed by atoms with van der Waals surface area (Å²) >= 11 is 0. The standard InChI is InChI=1S/C22H17N3O/c1-24-20-10-7-15(12-21(20)25(2)22(24)26)11-19(14-23)18-9-8-16-5-3-4-6-17(16)13-18/h3-13H,1-2H3/b19-11-. The zero-order valence-electron chi connectivity index (χ0n) is 14.6. The van der Waals surface area contributed by atoms with Gasteiger partial charge in [0.15, 0.2) is 0 Å². The molecular formula is C22H17N3O. The Kier molecular flexibility index (Phi) is 3.70. The fourth-order valence-electron chi connectivity index (χ4n) is 3.32. The van der Waals surface area contributed by atoms with Gasteiger partial charge in [-0.15, -0.1) is 0 Å². The molecule has 0 bridgehead atoms. The number of aryl methyl sites for hydroxylation is 2. The maximum atomic E-state index is 12.1.